The van der Waals surface area contributed by atoms with Gasteiger partial charge < -0.3 is 15.0 Å². The average molecular weight is 284 g/mol. The summed E-state index contributed by atoms with van der Waals surface area (Å²) in [6, 6.07) is 15.3. The van der Waals surface area contributed by atoms with Gasteiger partial charge in [0, 0.05) is 26.3 Å². The quantitative estimate of drug-likeness (QED) is 0.918. The second kappa shape index (κ2) is 6.79. The Kier molecular flexibility index (Phi) is 4.82. The van der Waals surface area contributed by atoms with E-state index in [2.05, 4.69) is 5.32 Å². The number of para-hydroxylation sites is 1. The molecular formula is C17H20N2O2. The molecule has 0 spiro atoms. The average Bonchev–Trinajstić information content (AvgIpc) is 2.52. The summed E-state index contributed by atoms with van der Waals surface area (Å²) in [4.78, 5) is 14.2. The van der Waals surface area contributed by atoms with E-state index in [0.29, 0.717) is 17.9 Å². The van der Waals surface area contributed by atoms with Gasteiger partial charge in [-0.3, -0.25) is 4.79 Å². The molecule has 2 rings (SSSR count). The van der Waals surface area contributed by atoms with Crippen LogP contribution in [0, 0.1) is 0 Å². The van der Waals surface area contributed by atoms with Crippen LogP contribution in [-0.2, 0) is 6.54 Å². The summed E-state index contributed by atoms with van der Waals surface area (Å²) in [5.74, 6) is 0.446. The lowest BCUT2D eigenvalue weighted by molar-refractivity contribution is 0.0948. The highest BCUT2D eigenvalue weighted by Gasteiger charge is 2.10. The van der Waals surface area contributed by atoms with Crippen LogP contribution in [0.25, 0.3) is 0 Å². The number of nitrogens with one attached hydrogen (secondary N) is 1. The monoisotopic (exact) mass is 284 g/mol. The van der Waals surface area contributed by atoms with Crippen molar-refractivity contribution in [2.24, 2.45) is 0 Å². The molecule has 0 bridgehead atoms. The van der Waals surface area contributed by atoms with E-state index >= 15 is 0 Å². The van der Waals surface area contributed by atoms with Crippen molar-refractivity contribution < 1.29 is 9.53 Å². The number of methoxy groups -OCH3 is 1. The predicted molar refractivity (Wildman–Crippen MR) is 84.9 cm³/mol. The second-order valence-electron chi connectivity index (χ2n) is 4.94. The minimum Gasteiger partial charge on any atom is -0.496 e. The molecule has 0 radical (unpaired) electrons. The Morgan fingerprint density at radius 3 is 2.38 bits per heavy atom. The van der Waals surface area contributed by atoms with E-state index < -0.39 is 0 Å². The first-order chi connectivity index (χ1) is 10.1. The number of nitrogens with zero attached hydrogens (tertiary/aromatic N) is 1. The number of benzene rings is 2. The Bertz CT molecular complexity index is 606. The highest BCUT2D eigenvalue weighted by atomic mass is 16.5. The van der Waals surface area contributed by atoms with Crippen molar-refractivity contribution in [3.05, 3.63) is 59.7 Å². The van der Waals surface area contributed by atoms with E-state index in [9.17, 15) is 4.79 Å². The zero-order valence-electron chi connectivity index (χ0n) is 12.6. The number of carbonyl (C=O) groups excluding carboxylic acids is 1. The minimum atomic E-state index is -0.135. The maximum absolute atomic E-state index is 12.2. The number of carbonyl (C=O) groups is 1. The second-order valence-corrected chi connectivity index (χ2v) is 4.94. The van der Waals surface area contributed by atoms with Crippen LogP contribution in [0.15, 0.2) is 48.5 Å². The highest BCUT2D eigenvalue weighted by molar-refractivity contribution is 5.96. The van der Waals surface area contributed by atoms with Crippen LogP contribution in [0.1, 0.15) is 15.9 Å². The predicted octanol–water partition coefficient (Wildman–Crippen LogP) is 2.69. The molecule has 0 aliphatic carbocycles. The van der Waals surface area contributed by atoms with Crippen LogP contribution in [0.5, 0.6) is 5.75 Å². The van der Waals surface area contributed by atoms with E-state index in [-0.39, 0.29) is 5.91 Å². The van der Waals surface area contributed by atoms with Crippen LogP contribution in [-0.4, -0.2) is 27.1 Å². The highest BCUT2D eigenvalue weighted by Crippen LogP contribution is 2.17. The molecule has 2 aromatic carbocycles. The summed E-state index contributed by atoms with van der Waals surface area (Å²) >= 11 is 0. The Morgan fingerprint density at radius 1 is 1.10 bits per heavy atom. The molecule has 1 N–H and O–H groups in total. The third-order valence-corrected chi connectivity index (χ3v) is 3.26. The molecule has 21 heavy (non-hydrogen) atoms. The SMILES string of the molecule is COc1ccccc1C(=O)NCc1ccc(N(C)C)cc1. The number of hydrogen-bond acceptors (Lipinski definition) is 3. The summed E-state index contributed by atoms with van der Waals surface area (Å²) in [5.41, 5.74) is 2.74. The molecule has 4 heteroatoms. The van der Waals surface area contributed by atoms with Crippen LogP contribution in [0.2, 0.25) is 0 Å². The van der Waals surface area contributed by atoms with Crippen molar-refractivity contribution in [2.75, 3.05) is 26.1 Å². The fourth-order valence-corrected chi connectivity index (χ4v) is 2.02. The molecule has 0 saturated carbocycles. The molecule has 110 valence electrons. The molecule has 0 unspecified atom stereocenters. The summed E-state index contributed by atoms with van der Waals surface area (Å²) < 4.78 is 5.19. The summed E-state index contributed by atoms with van der Waals surface area (Å²) in [5, 5.41) is 2.91. The number of rotatable bonds is 5. The first-order valence-electron chi connectivity index (χ1n) is 6.79. The van der Waals surface area contributed by atoms with Gasteiger partial charge in [-0.2, -0.15) is 0 Å². The molecule has 0 saturated heterocycles. The number of ether oxygens (including phenoxy) is 1. The topological polar surface area (TPSA) is 41.6 Å². The molecule has 4 nitrogen and oxygen atoms in total. The fraction of sp³-hybridized carbons (Fsp3) is 0.235. The van der Waals surface area contributed by atoms with Gasteiger partial charge in [-0.25, -0.2) is 0 Å². The van der Waals surface area contributed by atoms with Gasteiger partial charge in [0.1, 0.15) is 5.75 Å². The molecule has 0 fully saturated rings. The first-order valence-corrected chi connectivity index (χ1v) is 6.79. The van der Waals surface area contributed by atoms with Gasteiger partial charge in [-0.05, 0) is 29.8 Å². The Balaban J connectivity index is 2.00. The summed E-state index contributed by atoms with van der Waals surface area (Å²) in [6.45, 7) is 0.491. The summed E-state index contributed by atoms with van der Waals surface area (Å²) in [6.07, 6.45) is 0. The smallest absolute Gasteiger partial charge is 0.255 e. The van der Waals surface area contributed by atoms with Crippen molar-refractivity contribution in [1.29, 1.82) is 0 Å². The third-order valence-electron chi connectivity index (χ3n) is 3.26. The van der Waals surface area contributed by atoms with E-state index in [1.54, 1.807) is 19.2 Å². The zero-order valence-corrected chi connectivity index (χ0v) is 12.6. The van der Waals surface area contributed by atoms with Crippen LogP contribution < -0.4 is 15.0 Å². The standard InChI is InChI=1S/C17H20N2O2/c1-19(2)14-10-8-13(9-11-14)12-18-17(20)15-6-4-5-7-16(15)21-3/h4-11H,12H2,1-3H3,(H,18,20). The largest absolute Gasteiger partial charge is 0.496 e. The van der Waals surface area contributed by atoms with Gasteiger partial charge in [0.25, 0.3) is 5.91 Å². The van der Waals surface area contributed by atoms with Gasteiger partial charge in [0.2, 0.25) is 0 Å². The van der Waals surface area contributed by atoms with Crippen molar-refractivity contribution in [1.82, 2.24) is 5.32 Å². The first kappa shape index (κ1) is 14.9. The zero-order chi connectivity index (χ0) is 15.2. The van der Waals surface area contributed by atoms with Crippen molar-refractivity contribution in [3.8, 4) is 5.75 Å². The molecule has 1 amide bonds. The lowest BCUT2D eigenvalue weighted by Crippen LogP contribution is -2.23. The maximum atomic E-state index is 12.2. The molecule has 0 heterocycles. The minimum absolute atomic E-state index is 0.135. The number of hydrogen-bond donors (Lipinski definition) is 1. The van der Waals surface area contributed by atoms with Crippen LogP contribution in [0.4, 0.5) is 5.69 Å². The molecule has 0 aliphatic heterocycles. The van der Waals surface area contributed by atoms with Crippen LogP contribution >= 0.6 is 0 Å². The summed E-state index contributed by atoms with van der Waals surface area (Å²) in [7, 11) is 5.56. The van der Waals surface area contributed by atoms with Gasteiger partial charge in [0.05, 0.1) is 12.7 Å². The fourth-order valence-electron chi connectivity index (χ4n) is 2.02. The molecule has 0 atom stereocenters. The molecule has 0 aromatic heterocycles. The van der Waals surface area contributed by atoms with E-state index in [0.717, 1.165) is 11.3 Å². The van der Waals surface area contributed by atoms with Gasteiger partial charge in [-0.1, -0.05) is 24.3 Å². The van der Waals surface area contributed by atoms with Crippen molar-refractivity contribution in [2.45, 2.75) is 6.54 Å². The van der Waals surface area contributed by atoms with E-state index in [1.165, 1.54) is 0 Å². The molecule has 0 aliphatic rings. The van der Waals surface area contributed by atoms with Gasteiger partial charge >= 0.3 is 0 Å². The van der Waals surface area contributed by atoms with Crippen LogP contribution in [0.3, 0.4) is 0 Å². The normalized spacial score (nSPS) is 10.0. The lowest BCUT2D eigenvalue weighted by Gasteiger charge is -2.13. The van der Waals surface area contributed by atoms with Gasteiger partial charge in [-0.15, -0.1) is 0 Å². The number of anilines is 1. The number of amides is 1. The lowest BCUT2D eigenvalue weighted by atomic mass is 10.1. The van der Waals surface area contributed by atoms with Crippen molar-refractivity contribution >= 4 is 11.6 Å². The van der Waals surface area contributed by atoms with E-state index in [1.807, 2.05) is 55.4 Å². The van der Waals surface area contributed by atoms with Crippen molar-refractivity contribution in [3.63, 3.8) is 0 Å². The Labute approximate surface area is 125 Å². The maximum Gasteiger partial charge on any atom is 0.255 e. The Hall–Kier alpha value is -2.49. The Morgan fingerprint density at radius 2 is 1.76 bits per heavy atom. The molecular weight excluding hydrogens is 264 g/mol. The third kappa shape index (κ3) is 3.75. The van der Waals surface area contributed by atoms with E-state index in [4.69, 9.17) is 4.74 Å². The molecule has 2 aromatic rings. The van der Waals surface area contributed by atoms with Gasteiger partial charge in [0.15, 0.2) is 0 Å².